The van der Waals surface area contributed by atoms with Crippen LogP contribution in [0.2, 0.25) is 0 Å². The van der Waals surface area contributed by atoms with E-state index in [1.54, 1.807) is 12.4 Å². The molecule has 8 heteroatoms. The molecule has 0 aliphatic heterocycles. The van der Waals surface area contributed by atoms with Crippen LogP contribution < -0.4 is 10.9 Å². The zero-order valence-corrected chi connectivity index (χ0v) is 17.5. The topological polar surface area (TPSA) is 114 Å². The number of H-pyrrole nitrogens is 2. The van der Waals surface area contributed by atoms with Gasteiger partial charge in [-0.2, -0.15) is 10.2 Å². The van der Waals surface area contributed by atoms with Crippen molar-refractivity contribution in [3.8, 4) is 0 Å². The average Bonchev–Trinajstić information content (AvgIpc) is 3.41. The molecule has 4 N–H and O–H groups in total. The van der Waals surface area contributed by atoms with E-state index in [1.807, 2.05) is 60.9 Å². The summed E-state index contributed by atoms with van der Waals surface area (Å²) >= 11 is 0. The van der Waals surface area contributed by atoms with Gasteiger partial charge in [0.05, 0.1) is 12.4 Å². The minimum atomic E-state index is -0.182. The molecule has 0 unspecified atom stereocenters. The highest BCUT2D eigenvalue weighted by Crippen LogP contribution is 2.16. The largest absolute Gasteiger partial charge is 0.361 e. The SMILES string of the molecule is O=C(CCCCC(=O)N/N=C/c1c[nH]c2ccccc12)N/N=C/c1c[nH]c2ccccc12. The lowest BCUT2D eigenvalue weighted by Gasteiger charge is -2.01. The lowest BCUT2D eigenvalue weighted by Crippen LogP contribution is -2.18. The molecule has 0 aliphatic rings. The number of aromatic amines is 2. The van der Waals surface area contributed by atoms with E-state index in [0.29, 0.717) is 25.7 Å². The number of para-hydroxylation sites is 2. The number of hydrogen-bond acceptors (Lipinski definition) is 4. The molecule has 2 amide bonds. The number of nitrogens with zero attached hydrogens (tertiary/aromatic N) is 2. The van der Waals surface area contributed by atoms with Crippen molar-refractivity contribution >= 4 is 46.0 Å². The summed E-state index contributed by atoms with van der Waals surface area (Å²) in [6.07, 6.45) is 8.72. The number of benzene rings is 2. The molecule has 0 atom stereocenters. The Hall–Kier alpha value is -4.20. The first kappa shape index (κ1) is 21.0. The fourth-order valence-corrected chi connectivity index (χ4v) is 3.43. The number of carbonyl (C=O) groups is 2. The summed E-state index contributed by atoms with van der Waals surface area (Å²) in [4.78, 5) is 30.2. The van der Waals surface area contributed by atoms with Crippen LogP contribution >= 0.6 is 0 Å². The van der Waals surface area contributed by atoms with Gasteiger partial charge in [-0.1, -0.05) is 36.4 Å². The zero-order valence-electron chi connectivity index (χ0n) is 17.5. The maximum atomic E-state index is 11.9. The van der Waals surface area contributed by atoms with Crippen molar-refractivity contribution in [2.45, 2.75) is 25.7 Å². The monoisotopic (exact) mass is 428 g/mol. The van der Waals surface area contributed by atoms with E-state index < -0.39 is 0 Å². The molecule has 8 nitrogen and oxygen atoms in total. The van der Waals surface area contributed by atoms with Crippen molar-refractivity contribution in [2.75, 3.05) is 0 Å². The smallest absolute Gasteiger partial charge is 0.240 e. The average molecular weight is 428 g/mol. The molecule has 4 rings (SSSR count). The number of rotatable bonds is 9. The van der Waals surface area contributed by atoms with Crippen molar-refractivity contribution < 1.29 is 9.59 Å². The van der Waals surface area contributed by atoms with Gasteiger partial charge in [-0.25, -0.2) is 10.9 Å². The lowest BCUT2D eigenvalue weighted by molar-refractivity contribution is -0.123. The number of fused-ring (bicyclic) bond motifs is 2. The van der Waals surface area contributed by atoms with Crippen molar-refractivity contribution in [1.82, 2.24) is 20.8 Å². The molecule has 162 valence electrons. The molecule has 0 spiro atoms. The van der Waals surface area contributed by atoms with Gasteiger partial charge in [0, 0.05) is 58.2 Å². The van der Waals surface area contributed by atoms with Gasteiger partial charge in [-0.3, -0.25) is 9.59 Å². The first-order valence-electron chi connectivity index (χ1n) is 10.5. The van der Waals surface area contributed by atoms with Crippen LogP contribution in [0.25, 0.3) is 21.8 Å². The van der Waals surface area contributed by atoms with Crippen molar-refractivity contribution in [2.24, 2.45) is 10.2 Å². The van der Waals surface area contributed by atoms with Crippen LogP contribution in [-0.4, -0.2) is 34.2 Å². The molecule has 0 aliphatic carbocycles. The highest BCUT2D eigenvalue weighted by molar-refractivity contribution is 6.00. The third-order valence-corrected chi connectivity index (χ3v) is 5.09. The Bertz CT molecular complexity index is 1180. The summed E-state index contributed by atoms with van der Waals surface area (Å²) in [7, 11) is 0. The Balaban J connectivity index is 1.13. The van der Waals surface area contributed by atoms with E-state index >= 15 is 0 Å². The fraction of sp³-hybridized carbons (Fsp3) is 0.167. The molecular formula is C24H24N6O2. The van der Waals surface area contributed by atoms with E-state index in [1.165, 1.54) is 0 Å². The van der Waals surface area contributed by atoms with Crippen LogP contribution in [0.1, 0.15) is 36.8 Å². The second kappa shape index (κ2) is 10.2. The number of nitrogens with one attached hydrogen (secondary N) is 4. The quantitative estimate of drug-likeness (QED) is 0.184. The highest BCUT2D eigenvalue weighted by Gasteiger charge is 2.04. The second-order valence-corrected chi connectivity index (χ2v) is 7.37. The minimum Gasteiger partial charge on any atom is -0.361 e. The van der Waals surface area contributed by atoms with E-state index in [2.05, 4.69) is 31.0 Å². The van der Waals surface area contributed by atoms with E-state index in [9.17, 15) is 9.59 Å². The van der Waals surface area contributed by atoms with Crippen LogP contribution in [0.3, 0.4) is 0 Å². The standard InChI is InChI=1S/C24H24N6O2/c31-23(29-27-15-17-13-25-21-9-3-1-7-19(17)21)11-5-6-12-24(32)30-28-16-18-14-26-22-10-4-2-8-20(18)22/h1-4,7-10,13-16,25-26H,5-6,11-12H2,(H,29,31)(H,30,32)/b27-15+,28-16+. The summed E-state index contributed by atoms with van der Waals surface area (Å²) in [6.45, 7) is 0. The van der Waals surface area contributed by atoms with Gasteiger partial charge >= 0.3 is 0 Å². The fourth-order valence-electron chi connectivity index (χ4n) is 3.43. The van der Waals surface area contributed by atoms with Gasteiger partial charge in [-0.15, -0.1) is 0 Å². The second-order valence-electron chi connectivity index (χ2n) is 7.37. The Morgan fingerprint density at radius 3 is 1.62 bits per heavy atom. The number of aromatic nitrogens is 2. The maximum absolute atomic E-state index is 11.9. The van der Waals surface area contributed by atoms with Crippen molar-refractivity contribution in [3.63, 3.8) is 0 Å². The molecule has 0 radical (unpaired) electrons. The van der Waals surface area contributed by atoms with Gasteiger partial charge in [-0.05, 0) is 25.0 Å². The van der Waals surface area contributed by atoms with Crippen LogP contribution in [0.15, 0.2) is 71.1 Å². The first-order chi connectivity index (χ1) is 15.7. The molecule has 4 aromatic rings. The summed E-state index contributed by atoms with van der Waals surface area (Å²) in [5, 5.41) is 10.1. The van der Waals surface area contributed by atoms with Gasteiger partial charge in [0.1, 0.15) is 0 Å². The van der Waals surface area contributed by atoms with E-state index in [4.69, 9.17) is 0 Å². The van der Waals surface area contributed by atoms with Crippen molar-refractivity contribution in [1.29, 1.82) is 0 Å². The lowest BCUT2D eigenvalue weighted by atomic mass is 10.2. The van der Waals surface area contributed by atoms with Gasteiger partial charge in [0.2, 0.25) is 11.8 Å². The molecule has 0 saturated carbocycles. The number of unbranched alkanes of at least 4 members (excludes halogenated alkanes) is 1. The number of carbonyl (C=O) groups excluding carboxylic acids is 2. The third-order valence-electron chi connectivity index (χ3n) is 5.09. The van der Waals surface area contributed by atoms with Crippen LogP contribution in [-0.2, 0) is 9.59 Å². The minimum absolute atomic E-state index is 0.182. The molecule has 2 heterocycles. The van der Waals surface area contributed by atoms with Crippen LogP contribution in [0, 0.1) is 0 Å². The van der Waals surface area contributed by atoms with E-state index in [0.717, 1.165) is 32.9 Å². The van der Waals surface area contributed by atoms with Crippen LogP contribution in [0.4, 0.5) is 0 Å². The van der Waals surface area contributed by atoms with E-state index in [-0.39, 0.29) is 11.8 Å². The molecule has 0 bridgehead atoms. The van der Waals surface area contributed by atoms with Crippen LogP contribution in [0.5, 0.6) is 0 Å². The summed E-state index contributed by atoms with van der Waals surface area (Å²) < 4.78 is 0. The summed E-state index contributed by atoms with van der Waals surface area (Å²) in [6, 6.07) is 15.8. The van der Waals surface area contributed by atoms with Gasteiger partial charge in [0.25, 0.3) is 0 Å². The Kier molecular flexibility index (Phi) is 6.72. The predicted molar refractivity (Wildman–Crippen MR) is 127 cm³/mol. The summed E-state index contributed by atoms with van der Waals surface area (Å²) in [5.74, 6) is -0.363. The zero-order chi connectivity index (χ0) is 22.2. The molecule has 0 saturated heterocycles. The predicted octanol–water partition coefficient (Wildman–Crippen LogP) is 3.81. The summed E-state index contributed by atoms with van der Waals surface area (Å²) in [5.41, 5.74) is 8.91. The first-order valence-corrected chi connectivity index (χ1v) is 10.5. The molecule has 32 heavy (non-hydrogen) atoms. The normalized spacial score (nSPS) is 11.6. The van der Waals surface area contributed by atoms with Gasteiger partial charge < -0.3 is 9.97 Å². The molecule has 2 aromatic carbocycles. The number of amides is 2. The molecule has 2 aromatic heterocycles. The highest BCUT2D eigenvalue weighted by atomic mass is 16.2. The third kappa shape index (κ3) is 5.28. The Morgan fingerprint density at radius 2 is 1.16 bits per heavy atom. The Morgan fingerprint density at radius 1 is 0.719 bits per heavy atom. The maximum Gasteiger partial charge on any atom is 0.240 e. The molecule has 0 fully saturated rings. The van der Waals surface area contributed by atoms with Gasteiger partial charge in [0.15, 0.2) is 0 Å². The number of hydrazone groups is 2. The van der Waals surface area contributed by atoms with Crippen molar-refractivity contribution in [3.05, 3.63) is 72.1 Å². The molecular weight excluding hydrogens is 404 g/mol. The number of hydrogen-bond donors (Lipinski definition) is 4. The Labute approximate surface area is 184 Å².